The lowest BCUT2D eigenvalue weighted by molar-refractivity contribution is -0.142. The van der Waals surface area contributed by atoms with Gasteiger partial charge in [-0.15, -0.1) is 0 Å². The van der Waals surface area contributed by atoms with E-state index >= 15 is 0 Å². The Hall–Kier alpha value is -1.76. The fourth-order valence-electron chi connectivity index (χ4n) is 2.71. The van der Waals surface area contributed by atoms with Crippen molar-refractivity contribution in [3.05, 3.63) is 62.5 Å². The minimum absolute atomic E-state index is 0.196. The molecule has 150 valence electrons. The molecular weight excluding hydrogens is 467 g/mol. The average Bonchev–Trinajstić information content (AvgIpc) is 2.68. The van der Waals surface area contributed by atoms with Gasteiger partial charge in [-0.25, -0.2) is 0 Å². The number of halogens is 3. The van der Waals surface area contributed by atoms with Gasteiger partial charge in [-0.2, -0.15) is 0 Å². The van der Waals surface area contributed by atoms with Gasteiger partial charge < -0.3 is 15.0 Å². The van der Waals surface area contributed by atoms with Gasteiger partial charge in [-0.1, -0.05) is 64.3 Å². The number of hydrogen-bond acceptors (Lipinski definition) is 3. The minimum Gasteiger partial charge on any atom is -0.482 e. The number of ether oxygens (including phenoxy) is 1. The summed E-state index contributed by atoms with van der Waals surface area (Å²) in [6.07, 6.45) is 0.453. The van der Waals surface area contributed by atoms with E-state index in [9.17, 15) is 9.59 Å². The summed E-state index contributed by atoms with van der Waals surface area (Å²) >= 11 is 15.7. The first-order valence-corrected chi connectivity index (χ1v) is 10.2. The number of rotatable bonds is 8. The van der Waals surface area contributed by atoms with Crippen molar-refractivity contribution in [2.75, 3.05) is 13.7 Å². The van der Waals surface area contributed by atoms with Gasteiger partial charge in [0.2, 0.25) is 5.91 Å². The standard InChI is InChI=1S/C20H21BrCl2N2O3/c1-3-17(20(27)24-2)25(11-13-6-4-5-7-15(13)22)19(26)12-28-18-9-8-14(21)10-16(18)23/h4-10,17H,3,11-12H2,1-2H3,(H,24,27). The molecule has 8 heteroatoms. The van der Waals surface area contributed by atoms with E-state index in [0.29, 0.717) is 22.2 Å². The van der Waals surface area contributed by atoms with Crippen molar-refractivity contribution < 1.29 is 14.3 Å². The van der Waals surface area contributed by atoms with Crippen molar-refractivity contribution in [1.29, 1.82) is 0 Å². The van der Waals surface area contributed by atoms with Gasteiger partial charge in [-0.05, 0) is 36.2 Å². The number of nitrogens with one attached hydrogen (secondary N) is 1. The highest BCUT2D eigenvalue weighted by Crippen LogP contribution is 2.28. The monoisotopic (exact) mass is 486 g/mol. The van der Waals surface area contributed by atoms with Crippen LogP contribution in [0.1, 0.15) is 18.9 Å². The molecule has 0 aliphatic carbocycles. The molecule has 0 spiro atoms. The second-order valence-electron chi connectivity index (χ2n) is 6.01. The second-order valence-corrected chi connectivity index (χ2v) is 7.74. The molecule has 0 radical (unpaired) electrons. The quantitative estimate of drug-likeness (QED) is 0.587. The molecule has 1 atom stereocenters. The maximum absolute atomic E-state index is 13.0. The Bertz CT molecular complexity index is 848. The second kappa shape index (κ2) is 10.7. The molecule has 2 amide bonds. The number of carbonyl (C=O) groups excluding carboxylic acids is 2. The lowest BCUT2D eigenvalue weighted by Gasteiger charge is -2.30. The lowest BCUT2D eigenvalue weighted by atomic mass is 10.1. The van der Waals surface area contributed by atoms with Crippen LogP contribution in [0.15, 0.2) is 46.9 Å². The van der Waals surface area contributed by atoms with Crippen LogP contribution in [0.25, 0.3) is 0 Å². The Kier molecular flexibility index (Phi) is 8.60. The Morgan fingerprint density at radius 2 is 1.89 bits per heavy atom. The van der Waals surface area contributed by atoms with E-state index in [1.165, 1.54) is 4.90 Å². The van der Waals surface area contributed by atoms with Crippen molar-refractivity contribution in [2.24, 2.45) is 0 Å². The molecule has 0 aromatic heterocycles. The highest BCUT2D eigenvalue weighted by atomic mass is 79.9. The number of nitrogens with zero attached hydrogens (tertiary/aromatic N) is 1. The number of amides is 2. The van der Waals surface area contributed by atoms with Gasteiger partial charge in [0.05, 0.1) is 5.02 Å². The minimum atomic E-state index is -0.641. The van der Waals surface area contributed by atoms with Crippen molar-refractivity contribution in [1.82, 2.24) is 10.2 Å². The third kappa shape index (κ3) is 5.87. The predicted molar refractivity (Wildman–Crippen MR) is 115 cm³/mol. The van der Waals surface area contributed by atoms with E-state index in [2.05, 4.69) is 21.2 Å². The highest BCUT2D eigenvalue weighted by Gasteiger charge is 2.28. The first-order chi connectivity index (χ1) is 13.4. The topological polar surface area (TPSA) is 58.6 Å². The summed E-state index contributed by atoms with van der Waals surface area (Å²) in [4.78, 5) is 26.8. The first kappa shape index (κ1) is 22.5. The Balaban J connectivity index is 2.22. The van der Waals surface area contributed by atoms with Crippen LogP contribution in [0, 0.1) is 0 Å². The number of hydrogen-bond donors (Lipinski definition) is 1. The van der Waals surface area contributed by atoms with Crippen LogP contribution in [0.4, 0.5) is 0 Å². The Labute approximate surface area is 183 Å². The van der Waals surface area contributed by atoms with Crippen LogP contribution >= 0.6 is 39.1 Å². The Morgan fingerprint density at radius 1 is 1.18 bits per heavy atom. The van der Waals surface area contributed by atoms with Crippen molar-refractivity contribution in [3.63, 3.8) is 0 Å². The van der Waals surface area contributed by atoms with E-state index in [1.807, 2.05) is 25.1 Å². The average molecular weight is 488 g/mol. The molecule has 0 aliphatic rings. The molecule has 1 unspecified atom stereocenters. The third-order valence-corrected chi connectivity index (χ3v) is 5.33. The van der Waals surface area contributed by atoms with Crippen molar-refractivity contribution in [2.45, 2.75) is 25.9 Å². The number of likely N-dealkylation sites (N-methyl/N-ethyl adjacent to an activating group) is 1. The third-order valence-electron chi connectivity index (χ3n) is 4.18. The van der Waals surface area contributed by atoms with E-state index in [1.54, 1.807) is 31.3 Å². The van der Waals surface area contributed by atoms with E-state index < -0.39 is 6.04 Å². The maximum Gasteiger partial charge on any atom is 0.261 e. The lowest BCUT2D eigenvalue weighted by Crippen LogP contribution is -2.49. The largest absolute Gasteiger partial charge is 0.482 e. The summed E-state index contributed by atoms with van der Waals surface area (Å²) in [5.41, 5.74) is 0.751. The van der Waals surface area contributed by atoms with Gasteiger partial charge in [0.25, 0.3) is 5.91 Å². The highest BCUT2D eigenvalue weighted by molar-refractivity contribution is 9.10. The molecular formula is C20H21BrCl2N2O3. The van der Waals surface area contributed by atoms with Crippen molar-refractivity contribution >= 4 is 50.9 Å². The molecule has 0 aliphatic heterocycles. The predicted octanol–water partition coefficient (Wildman–Crippen LogP) is 4.69. The van der Waals surface area contributed by atoms with E-state index in [-0.39, 0.29) is 25.0 Å². The van der Waals surface area contributed by atoms with Gasteiger partial charge in [0.15, 0.2) is 6.61 Å². The summed E-state index contributed by atoms with van der Waals surface area (Å²) in [6, 6.07) is 11.7. The molecule has 0 saturated carbocycles. The van der Waals surface area contributed by atoms with Crippen LogP contribution in [-0.4, -0.2) is 36.4 Å². The molecule has 2 aromatic rings. The normalized spacial score (nSPS) is 11.6. The zero-order valence-electron chi connectivity index (χ0n) is 15.5. The Morgan fingerprint density at radius 3 is 2.50 bits per heavy atom. The zero-order valence-corrected chi connectivity index (χ0v) is 18.6. The first-order valence-electron chi connectivity index (χ1n) is 8.69. The molecule has 0 heterocycles. The van der Waals surface area contributed by atoms with Gasteiger partial charge in [-0.3, -0.25) is 9.59 Å². The molecule has 2 aromatic carbocycles. The smallest absolute Gasteiger partial charge is 0.261 e. The summed E-state index contributed by atoms with van der Waals surface area (Å²) in [5, 5.41) is 3.53. The van der Waals surface area contributed by atoms with E-state index in [4.69, 9.17) is 27.9 Å². The van der Waals surface area contributed by atoms with Gasteiger partial charge >= 0.3 is 0 Å². The van der Waals surface area contributed by atoms with Crippen LogP contribution in [-0.2, 0) is 16.1 Å². The number of carbonyl (C=O) groups is 2. The van der Waals surface area contributed by atoms with Crippen LogP contribution in [0.2, 0.25) is 10.0 Å². The molecule has 0 saturated heterocycles. The molecule has 1 N–H and O–H groups in total. The summed E-state index contributed by atoms with van der Waals surface area (Å²) in [6.45, 7) is 1.79. The number of benzene rings is 2. The molecule has 2 rings (SSSR count). The SMILES string of the molecule is CCC(C(=O)NC)N(Cc1ccccc1Cl)C(=O)COc1ccc(Br)cc1Cl. The molecule has 5 nitrogen and oxygen atoms in total. The molecule has 28 heavy (non-hydrogen) atoms. The molecule has 0 bridgehead atoms. The fraction of sp³-hybridized carbons (Fsp3) is 0.300. The van der Waals surface area contributed by atoms with Gasteiger partial charge in [0.1, 0.15) is 11.8 Å². The van der Waals surface area contributed by atoms with Crippen LogP contribution in [0.5, 0.6) is 5.75 Å². The fourth-order valence-corrected chi connectivity index (χ4v) is 3.63. The van der Waals surface area contributed by atoms with Crippen molar-refractivity contribution in [3.8, 4) is 5.75 Å². The van der Waals surface area contributed by atoms with Crippen LogP contribution < -0.4 is 10.1 Å². The summed E-state index contributed by atoms with van der Waals surface area (Å²) < 4.78 is 6.41. The van der Waals surface area contributed by atoms with Gasteiger partial charge in [0, 0.05) is 23.1 Å². The molecule has 0 fully saturated rings. The maximum atomic E-state index is 13.0. The summed E-state index contributed by atoms with van der Waals surface area (Å²) in [5.74, 6) is -0.192. The zero-order chi connectivity index (χ0) is 20.7. The summed E-state index contributed by atoms with van der Waals surface area (Å²) in [7, 11) is 1.54. The van der Waals surface area contributed by atoms with Crippen LogP contribution in [0.3, 0.4) is 0 Å². The van der Waals surface area contributed by atoms with E-state index in [0.717, 1.165) is 10.0 Å².